The molecule has 1 spiro atoms. The maximum Gasteiger partial charge on any atom is 0.308 e. The molecule has 0 saturated carbocycles. The molecule has 2 aliphatic rings. The van der Waals surface area contributed by atoms with E-state index in [1.165, 1.54) is 11.1 Å². The number of ether oxygens (including phenoxy) is 1. The molecule has 0 aliphatic carbocycles. The van der Waals surface area contributed by atoms with Crippen LogP contribution in [0.1, 0.15) is 29.5 Å². The molecule has 1 aromatic carbocycles. The molecule has 144 valence electrons. The normalized spacial score (nSPS) is 22.4. The Balaban J connectivity index is 1.58. The molecule has 27 heavy (non-hydrogen) atoms. The Labute approximate surface area is 159 Å². The number of benzene rings is 1. The van der Waals surface area contributed by atoms with Crippen LogP contribution in [0.4, 0.5) is 0 Å². The average Bonchev–Trinajstić information content (AvgIpc) is 3.23. The summed E-state index contributed by atoms with van der Waals surface area (Å²) in [5.74, 6) is -1.00. The van der Waals surface area contributed by atoms with Crippen molar-refractivity contribution in [2.45, 2.75) is 33.2 Å². The van der Waals surface area contributed by atoms with Gasteiger partial charge < -0.3 is 9.84 Å². The zero-order valence-electron chi connectivity index (χ0n) is 16.0. The number of likely N-dealkylation sites (tertiary alicyclic amines) is 1. The van der Waals surface area contributed by atoms with E-state index in [0.29, 0.717) is 26.3 Å². The minimum atomic E-state index is -0.679. The minimum absolute atomic E-state index is 0.159. The van der Waals surface area contributed by atoms with Crippen molar-refractivity contribution in [2.24, 2.45) is 11.3 Å². The number of rotatable bonds is 4. The molecule has 2 N–H and O–H groups in total. The van der Waals surface area contributed by atoms with Crippen molar-refractivity contribution in [3.8, 4) is 11.3 Å². The quantitative estimate of drug-likeness (QED) is 0.866. The lowest BCUT2D eigenvalue weighted by Crippen LogP contribution is -2.40. The van der Waals surface area contributed by atoms with Gasteiger partial charge in [-0.25, -0.2) is 0 Å². The number of aromatic nitrogens is 2. The Hall–Kier alpha value is -2.18. The van der Waals surface area contributed by atoms with Crippen molar-refractivity contribution in [2.75, 3.05) is 26.3 Å². The number of H-pyrrole nitrogens is 1. The number of hydrogen-bond acceptors (Lipinski definition) is 4. The van der Waals surface area contributed by atoms with E-state index in [9.17, 15) is 9.90 Å². The fourth-order valence-electron chi connectivity index (χ4n) is 4.73. The highest BCUT2D eigenvalue weighted by Gasteiger charge is 2.50. The van der Waals surface area contributed by atoms with Gasteiger partial charge in [-0.1, -0.05) is 17.7 Å². The van der Waals surface area contributed by atoms with Gasteiger partial charge in [0.05, 0.1) is 17.8 Å². The maximum atomic E-state index is 11.9. The summed E-state index contributed by atoms with van der Waals surface area (Å²) in [5.41, 5.74) is 5.58. The molecule has 0 bridgehead atoms. The number of carboxylic acid groups (broad SMARTS) is 1. The molecule has 6 heteroatoms. The lowest BCUT2D eigenvalue weighted by Gasteiger charge is -2.36. The highest BCUT2D eigenvalue weighted by Crippen LogP contribution is 2.45. The van der Waals surface area contributed by atoms with Gasteiger partial charge in [-0.3, -0.25) is 14.8 Å². The fraction of sp³-hybridized carbons (Fsp3) is 0.524. The van der Waals surface area contributed by atoms with Crippen molar-refractivity contribution >= 4 is 5.97 Å². The highest BCUT2D eigenvalue weighted by molar-refractivity contribution is 5.72. The molecule has 0 amide bonds. The first-order chi connectivity index (χ1) is 13.0. The molecular formula is C21H27N3O3. The zero-order chi connectivity index (χ0) is 19.0. The first-order valence-electron chi connectivity index (χ1n) is 9.61. The molecule has 2 aromatic rings. The Bertz CT molecular complexity index is 839. The summed E-state index contributed by atoms with van der Waals surface area (Å²) >= 11 is 0. The monoisotopic (exact) mass is 369 g/mol. The fourth-order valence-corrected chi connectivity index (χ4v) is 4.73. The summed E-state index contributed by atoms with van der Waals surface area (Å²) in [6.45, 7) is 7.63. The van der Waals surface area contributed by atoms with E-state index >= 15 is 0 Å². The molecule has 1 aromatic heterocycles. The van der Waals surface area contributed by atoms with Crippen LogP contribution < -0.4 is 0 Å². The van der Waals surface area contributed by atoms with Crippen molar-refractivity contribution in [3.05, 3.63) is 41.1 Å². The van der Waals surface area contributed by atoms with Crippen molar-refractivity contribution in [3.63, 3.8) is 0 Å². The van der Waals surface area contributed by atoms with Gasteiger partial charge in [0, 0.05) is 49.4 Å². The van der Waals surface area contributed by atoms with Gasteiger partial charge >= 0.3 is 5.97 Å². The first-order valence-corrected chi connectivity index (χ1v) is 9.61. The van der Waals surface area contributed by atoms with Gasteiger partial charge in [0.2, 0.25) is 0 Å². The summed E-state index contributed by atoms with van der Waals surface area (Å²) in [4.78, 5) is 14.2. The molecular weight excluding hydrogens is 342 g/mol. The molecule has 0 radical (unpaired) electrons. The van der Waals surface area contributed by atoms with Crippen molar-refractivity contribution < 1.29 is 14.6 Å². The molecule has 3 heterocycles. The SMILES string of the molecule is Cc1ccc(C)c(-c2[nH]ncc2CN2CC(C(=O)O)C3(CCOCC3)C2)c1. The predicted octanol–water partition coefficient (Wildman–Crippen LogP) is 3.01. The van der Waals surface area contributed by atoms with Crippen LogP contribution in [0.2, 0.25) is 0 Å². The third-order valence-corrected chi connectivity index (χ3v) is 6.28. The zero-order valence-corrected chi connectivity index (χ0v) is 16.0. The summed E-state index contributed by atoms with van der Waals surface area (Å²) in [6.07, 6.45) is 3.53. The molecule has 2 aliphatic heterocycles. The van der Waals surface area contributed by atoms with Crippen LogP contribution in [0.5, 0.6) is 0 Å². The van der Waals surface area contributed by atoms with Gasteiger partial charge in [-0.15, -0.1) is 0 Å². The Morgan fingerprint density at radius 1 is 1.37 bits per heavy atom. The topological polar surface area (TPSA) is 78.5 Å². The van der Waals surface area contributed by atoms with Crippen LogP contribution in [0.25, 0.3) is 11.3 Å². The number of nitrogens with zero attached hydrogens (tertiary/aromatic N) is 2. The number of aliphatic carboxylic acids is 1. The summed E-state index contributed by atoms with van der Waals surface area (Å²) < 4.78 is 5.50. The van der Waals surface area contributed by atoms with Crippen LogP contribution in [0.15, 0.2) is 24.4 Å². The second-order valence-electron chi connectivity index (χ2n) is 8.12. The van der Waals surface area contributed by atoms with Gasteiger partial charge in [0.15, 0.2) is 0 Å². The lowest BCUT2D eigenvalue weighted by molar-refractivity contribution is -0.147. The summed E-state index contributed by atoms with van der Waals surface area (Å²) in [5, 5.41) is 17.2. The first kappa shape index (κ1) is 18.2. The Morgan fingerprint density at radius 2 is 2.15 bits per heavy atom. The number of carboxylic acids is 1. The average molecular weight is 369 g/mol. The Morgan fingerprint density at radius 3 is 2.89 bits per heavy atom. The van der Waals surface area contributed by atoms with E-state index in [1.807, 2.05) is 6.20 Å². The molecule has 6 nitrogen and oxygen atoms in total. The number of hydrogen-bond donors (Lipinski definition) is 2. The molecule has 2 saturated heterocycles. The lowest BCUT2D eigenvalue weighted by atomic mass is 9.72. The minimum Gasteiger partial charge on any atom is -0.481 e. The third-order valence-electron chi connectivity index (χ3n) is 6.28. The van der Waals surface area contributed by atoms with Crippen LogP contribution >= 0.6 is 0 Å². The second-order valence-corrected chi connectivity index (χ2v) is 8.12. The molecule has 1 atom stereocenters. The van der Waals surface area contributed by atoms with Gasteiger partial charge in [0.25, 0.3) is 0 Å². The number of carbonyl (C=O) groups is 1. The van der Waals surface area contributed by atoms with E-state index in [1.54, 1.807) is 0 Å². The highest BCUT2D eigenvalue weighted by atomic mass is 16.5. The maximum absolute atomic E-state index is 11.9. The van der Waals surface area contributed by atoms with Crippen LogP contribution in [0, 0.1) is 25.2 Å². The smallest absolute Gasteiger partial charge is 0.308 e. The second kappa shape index (κ2) is 7.09. The van der Waals surface area contributed by atoms with E-state index in [0.717, 1.165) is 36.2 Å². The van der Waals surface area contributed by atoms with Crippen LogP contribution in [-0.4, -0.2) is 52.5 Å². The van der Waals surface area contributed by atoms with E-state index < -0.39 is 5.97 Å². The van der Waals surface area contributed by atoms with Crippen molar-refractivity contribution in [1.82, 2.24) is 15.1 Å². The number of nitrogens with one attached hydrogen (secondary N) is 1. The third kappa shape index (κ3) is 3.39. The van der Waals surface area contributed by atoms with E-state index in [2.05, 4.69) is 47.1 Å². The summed E-state index contributed by atoms with van der Waals surface area (Å²) in [7, 11) is 0. The summed E-state index contributed by atoms with van der Waals surface area (Å²) in [6, 6.07) is 6.42. The number of aromatic amines is 1. The largest absolute Gasteiger partial charge is 0.481 e. The van der Waals surface area contributed by atoms with Crippen LogP contribution in [0.3, 0.4) is 0 Å². The Kier molecular flexibility index (Phi) is 4.78. The predicted molar refractivity (Wildman–Crippen MR) is 102 cm³/mol. The van der Waals surface area contributed by atoms with E-state index in [4.69, 9.17) is 4.74 Å². The van der Waals surface area contributed by atoms with E-state index in [-0.39, 0.29) is 11.3 Å². The molecule has 2 fully saturated rings. The van der Waals surface area contributed by atoms with Gasteiger partial charge in [0.1, 0.15) is 0 Å². The number of aryl methyl sites for hydroxylation is 2. The van der Waals surface area contributed by atoms with Gasteiger partial charge in [-0.05, 0) is 38.3 Å². The molecule has 1 unspecified atom stereocenters. The van der Waals surface area contributed by atoms with Gasteiger partial charge in [-0.2, -0.15) is 5.10 Å². The molecule has 4 rings (SSSR count). The standard InChI is InChI=1S/C21H27N3O3/c1-14-3-4-15(2)17(9-14)19-16(10-22-23-19)11-24-12-18(20(25)26)21(13-24)5-7-27-8-6-21/h3-4,9-10,18H,5-8,11-13H2,1-2H3,(H,22,23)(H,25,26). The van der Waals surface area contributed by atoms with Crippen molar-refractivity contribution in [1.29, 1.82) is 0 Å². The van der Waals surface area contributed by atoms with Crippen LogP contribution in [-0.2, 0) is 16.1 Å².